The fourth-order valence-corrected chi connectivity index (χ4v) is 2.74. The standard InChI is InChI=1S/C16H15FN4O8/c17-9-4-1-8(2-5-9)3-6-11-19-15(14(18)22)21(20-11)16-13(29-25)12(28-24)10(27-16)7-26-23/h1-2,4-5,10,12-13,16,23-25H,7H2,(H2,18,22)/t10-,12-,13-,16-/m1/s1. The maximum Gasteiger partial charge on any atom is 0.286 e. The molecule has 4 atom stereocenters. The molecule has 29 heavy (non-hydrogen) atoms. The van der Waals surface area contributed by atoms with Gasteiger partial charge in [0.25, 0.3) is 5.91 Å². The normalized spacial score (nSPS) is 23.6. The third kappa shape index (κ3) is 4.39. The Morgan fingerprint density at radius 3 is 2.48 bits per heavy atom. The molecule has 0 bridgehead atoms. The maximum absolute atomic E-state index is 13.0. The number of rotatable bonds is 6. The highest BCUT2D eigenvalue weighted by Crippen LogP contribution is 2.33. The third-order valence-electron chi connectivity index (χ3n) is 4.02. The van der Waals surface area contributed by atoms with Gasteiger partial charge in [0.1, 0.15) is 18.5 Å². The average molecular weight is 410 g/mol. The largest absolute Gasteiger partial charge is 0.363 e. The summed E-state index contributed by atoms with van der Waals surface area (Å²) in [6, 6.07) is 5.32. The van der Waals surface area contributed by atoms with E-state index in [2.05, 4.69) is 36.6 Å². The first-order valence-corrected chi connectivity index (χ1v) is 8.04. The Hall–Kier alpha value is -2.96. The number of ether oxygens (including phenoxy) is 1. The molecule has 13 heteroatoms. The number of primary amides is 1. The monoisotopic (exact) mass is 410 g/mol. The second-order valence-corrected chi connectivity index (χ2v) is 5.83. The summed E-state index contributed by atoms with van der Waals surface area (Å²) in [5.74, 6) is 3.34. The van der Waals surface area contributed by atoms with Gasteiger partial charge in [-0.1, -0.05) is 5.92 Å². The van der Waals surface area contributed by atoms with E-state index in [0.29, 0.717) is 5.56 Å². The lowest BCUT2D eigenvalue weighted by Crippen LogP contribution is -2.37. The van der Waals surface area contributed by atoms with Gasteiger partial charge in [0.15, 0.2) is 18.4 Å². The van der Waals surface area contributed by atoms with Crippen LogP contribution in [0, 0.1) is 17.7 Å². The second-order valence-electron chi connectivity index (χ2n) is 5.83. The molecular weight excluding hydrogens is 395 g/mol. The van der Waals surface area contributed by atoms with Gasteiger partial charge >= 0.3 is 0 Å². The summed E-state index contributed by atoms with van der Waals surface area (Å²) < 4.78 is 19.3. The Morgan fingerprint density at radius 2 is 1.90 bits per heavy atom. The van der Waals surface area contributed by atoms with Crippen molar-refractivity contribution in [1.29, 1.82) is 0 Å². The number of amides is 1. The summed E-state index contributed by atoms with van der Waals surface area (Å²) >= 11 is 0. The van der Waals surface area contributed by atoms with E-state index in [1.54, 1.807) is 0 Å². The molecule has 0 saturated carbocycles. The molecule has 1 aromatic carbocycles. The number of hydrogen-bond donors (Lipinski definition) is 4. The van der Waals surface area contributed by atoms with Crippen molar-refractivity contribution in [2.24, 2.45) is 5.73 Å². The summed E-state index contributed by atoms with van der Waals surface area (Å²) in [6.07, 6.45) is -5.15. The highest BCUT2D eigenvalue weighted by Gasteiger charge is 2.50. The van der Waals surface area contributed by atoms with Crippen molar-refractivity contribution in [1.82, 2.24) is 14.8 Å². The van der Waals surface area contributed by atoms with Crippen molar-refractivity contribution in [2.45, 2.75) is 24.5 Å². The molecule has 154 valence electrons. The van der Waals surface area contributed by atoms with Crippen molar-refractivity contribution in [3.63, 3.8) is 0 Å². The number of benzene rings is 1. The fourth-order valence-electron chi connectivity index (χ4n) is 2.74. The predicted octanol–water partition coefficient (Wildman–Crippen LogP) is 0.0193. The van der Waals surface area contributed by atoms with Crippen LogP contribution in [0.3, 0.4) is 0 Å². The number of nitrogens with zero attached hydrogens (tertiary/aromatic N) is 3. The SMILES string of the molecule is NC(=O)c1nc(C#Cc2ccc(F)cc2)nn1[C@@H]1O[C@H](COO)[C@@H](OO)[C@H]1OO. The molecule has 1 fully saturated rings. The van der Waals surface area contributed by atoms with Gasteiger partial charge in [-0.05, 0) is 30.2 Å². The summed E-state index contributed by atoms with van der Waals surface area (Å²) in [5, 5.41) is 30.9. The van der Waals surface area contributed by atoms with Gasteiger partial charge in [-0.25, -0.2) is 23.7 Å². The Bertz CT molecular complexity index is 925. The van der Waals surface area contributed by atoms with Crippen LogP contribution in [0.1, 0.15) is 28.2 Å². The summed E-state index contributed by atoms with van der Waals surface area (Å²) in [4.78, 5) is 28.1. The predicted molar refractivity (Wildman–Crippen MR) is 88.4 cm³/mol. The minimum absolute atomic E-state index is 0.133. The van der Waals surface area contributed by atoms with Crippen LogP contribution in [0.4, 0.5) is 4.39 Å². The number of nitrogens with two attached hydrogens (primary N) is 1. The van der Waals surface area contributed by atoms with Crippen molar-refractivity contribution in [2.75, 3.05) is 6.61 Å². The first-order valence-electron chi connectivity index (χ1n) is 8.04. The Balaban J connectivity index is 1.94. The molecule has 0 unspecified atom stereocenters. The van der Waals surface area contributed by atoms with E-state index in [1.165, 1.54) is 24.3 Å². The zero-order chi connectivity index (χ0) is 21.0. The molecule has 1 aliphatic rings. The molecule has 1 aliphatic heterocycles. The number of aromatic nitrogens is 3. The van der Waals surface area contributed by atoms with E-state index < -0.39 is 42.9 Å². The number of carbonyl (C=O) groups is 1. The lowest BCUT2D eigenvalue weighted by molar-refractivity contribution is -0.357. The van der Waals surface area contributed by atoms with Gasteiger partial charge in [0.05, 0.1) is 0 Å². The Kier molecular flexibility index (Phi) is 6.46. The fraction of sp³-hybridized carbons (Fsp3) is 0.312. The number of carbonyl (C=O) groups excluding carboxylic acids is 1. The van der Waals surface area contributed by atoms with Gasteiger partial charge in [-0.3, -0.25) is 20.6 Å². The molecule has 0 aliphatic carbocycles. The van der Waals surface area contributed by atoms with Crippen molar-refractivity contribution in [3.05, 3.63) is 47.3 Å². The second kappa shape index (κ2) is 9.03. The zero-order valence-corrected chi connectivity index (χ0v) is 14.5. The Morgan fingerprint density at radius 1 is 1.21 bits per heavy atom. The van der Waals surface area contributed by atoms with Crippen molar-refractivity contribution < 1.29 is 44.4 Å². The molecule has 5 N–H and O–H groups in total. The third-order valence-corrected chi connectivity index (χ3v) is 4.02. The van der Waals surface area contributed by atoms with Gasteiger partial charge in [0.2, 0.25) is 11.6 Å². The molecule has 0 spiro atoms. The zero-order valence-electron chi connectivity index (χ0n) is 14.5. The molecular formula is C16H15FN4O8. The first kappa shape index (κ1) is 20.8. The van der Waals surface area contributed by atoms with Gasteiger partial charge in [-0.15, -0.1) is 5.10 Å². The molecule has 1 saturated heterocycles. The lowest BCUT2D eigenvalue weighted by Gasteiger charge is -2.18. The number of hydrogen-bond acceptors (Lipinski definition) is 10. The highest BCUT2D eigenvalue weighted by atomic mass is 19.1. The minimum atomic E-state index is -1.39. The number of halogens is 1. The van der Waals surface area contributed by atoms with E-state index in [9.17, 15) is 14.4 Å². The molecule has 1 aromatic heterocycles. The van der Waals surface area contributed by atoms with Crippen molar-refractivity contribution >= 4 is 5.91 Å². The van der Waals surface area contributed by atoms with E-state index >= 15 is 0 Å². The quantitative estimate of drug-likeness (QED) is 0.289. The van der Waals surface area contributed by atoms with Crippen LogP contribution in [-0.4, -0.2) is 61.4 Å². The molecule has 2 heterocycles. The minimum Gasteiger partial charge on any atom is -0.363 e. The van der Waals surface area contributed by atoms with Gasteiger partial charge in [-0.2, -0.15) is 4.98 Å². The van der Waals surface area contributed by atoms with E-state index in [1.807, 2.05) is 0 Å². The van der Waals surface area contributed by atoms with Crippen LogP contribution in [-0.2, 0) is 19.4 Å². The lowest BCUT2D eigenvalue weighted by atomic mass is 10.1. The molecule has 12 nitrogen and oxygen atoms in total. The van der Waals surface area contributed by atoms with E-state index in [-0.39, 0.29) is 11.6 Å². The van der Waals surface area contributed by atoms with E-state index in [0.717, 1.165) is 4.68 Å². The molecule has 2 aromatic rings. The Labute approximate surface area is 162 Å². The van der Waals surface area contributed by atoms with Crippen molar-refractivity contribution in [3.8, 4) is 11.8 Å². The van der Waals surface area contributed by atoms with Crippen LogP contribution in [0.2, 0.25) is 0 Å². The first-order chi connectivity index (χ1) is 14.0. The summed E-state index contributed by atoms with van der Waals surface area (Å²) in [6.45, 7) is -0.459. The van der Waals surface area contributed by atoms with Gasteiger partial charge in [0, 0.05) is 5.56 Å². The van der Waals surface area contributed by atoms with Crippen LogP contribution >= 0.6 is 0 Å². The average Bonchev–Trinajstić information content (AvgIpc) is 3.28. The summed E-state index contributed by atoms with van der Waals surface area (Å²) in [7, 11) is 0. The van der Waals surface area contributed by atoms with Crippen LogP contribution in [0.25, 0.3) is 0 Å². The molecule has 3 rings (SSSR count). The summed E-state index contributed by atoms with van der Waals surface area (Å²) in [5.41, 5.74) is 5.77. The van der Waals surface area contributed by atoms with E-state index in [4.69, 9.17) is 21.0 Å². The van der Waals surface area contributed by atoms with Crippen LogP contribution in [0.15, 0.2) is 24.3 Å². The smallest absolute Gasteiger partial charge is 0.286 e. The van der Waals surface area contributed by atoms with Crippen LogP contribution in [0.5, 0.6) is 0 Å². The van der Waals surface area contributed by atoms with Gasteiger partial charge < -0.3 is 10.5 Å². The molecule has 1 amide bonds. The molecule has 0 radical (unpaired) electrons. The maximum atomic E-state index is 13.0. The van der Waals surface area contributed by atoms with Crippen LogP contribution < -0.4 is 5.73 Å². The highest BCUT2D eigenvalue weighted by molar-refractivity contribution is 5.89. The topological polar surface area (TPSA) is 171 Å².